The summed E-state index contributed by atoms with van der Waals surface area (Å²) in [6.45, 7) is 1.68. The van der Waals surface area contributed by atoms with Gasteiger partial charge in [0.2, 0.25) is 0 Å². The van der Waals surface area contributed by atoms with Crippen LogP contribution in [0.4, 0.5) is 0 Å². The van der Waals surface area contributed by atoms with Crippen molar-refractivity contribution in [2.75, 3.05) is 38.9 Å². The molecule has 1 aliphatic rings. The molecule has 1 atom stereocenters. The average Bonchev–Trinajstić information content (AvgIpc) is 3.04. The Bertz CT molecular complexity index is 848. The molecule has 1 unspecified atom stereocenters. The summed E-state index contributed by atoms with van der Waals surface area (Å²) < 4.78 is 38.6. The van der Waals surface area contributed by atoms with Gasteiger partial charge in [-0.15, -0.1) is 0 Å². The monoisotopic (exact) mass is 411 g/mol. The Hall–Kier alpha value is -2.55. The Morgan fingerprint density at radius 2 is 2.00 bits per heavy atom. The Morgan fingerprint density at radius 1 is 1.25 bits per heavy atom. The summed E-state index contributed by atoms with van der Waals surface area (Å²) in [6, 6.07) is 4.78. The average molecular weight is 411 g/mol. The van der Waals surface area contributed by atoms with Crippen LogP contribution >= 0.6 is 0 Å². The molecule has 0 N–H and O–H groups in total. The number of hydrogen-bond acceptors (Lipinski definition) is 7. The zero-order valence-electron chi connectivity index (χ0n) is 16.2. The lowest BCUT2D eigenvalue weighted by Crippen LogP contribution is -2.43. The molecule has 0 aromatic heterocycles. The lowest BCUT2D eigenvalue weighted by atomic mass is 10.2. The van der Waals surface area contributed by atoms with Crippen LogP contribution < -0.4 is 9.47 Å². The highest BCUT2D eigenvalue weighted by Crippen LogP contribution is 2.25. The van der Waals surface area contributed by atoms with Gasteiger partial charge in [-0.2, -0.15) is 0 Å². The van der Waals surface area contributed by atoms with E-state index >= 15 is 0 Å². The first kappa shape index (κ1) is 21.7. The van der Waals surface area contributed by atoms with Crippen LogP contribution in [0.2, 0.25) is 0 Å². The van der Waals surface area contributed by atoms with E-state index in [4.69, 9.17) is 14.2 Å². The molecular formula is C19H25NO7S. The second kappa shape index (κ2) is 9.59. The summed E-state index contributed by atoms with van der Waals surface area (Å²) in [6.07, 6.45) is 3.13. The van der Waals surface area contributed by atoms with Crippen molar-refractivity contribution in [2.45, 2.75) is 19.4 Å². The third kappa shape index (κ3) is 5.72. The van der Waals surface area contributed by atoms with Crippen LogP contribution in [0.15, 0.2) is 24.3 Å². The van der Waals surface area contributed by atoms with Crippen molar-refractivity contribution >= 4 is 27.8 Å². The summed E-state index contributed by atoms with van der Waals surface area (Å²) in [5.41, 5.74) is 0.651. The van der Waals surface area contributed by atoms with Gasteiger partial charge in [0.15, 0.2) is 16.4 Å². The number of sulfone groups is 1. The van der Waals surface area contributed by atoms with Gasteiger partial charge in [0, 0.05) is 30.3 Å². The van der Waals surface area contributed by atoms with Crippen LogP contribution in [0.25, 0.3) is 6.08 Å². The van der Waals surface area contributed by atoms with Crippen molar-refractivity contribution in [3.63, 3.8) is 0 Å². The molecule has 8 nitrogen and oxygen atoms in total. The quantitative estimate of drug-likeness (QED) is 0.469. The number of methoxy groups -OCH3 is 2. The molecule has 1 saturated heterocycles. The van der Waals surface area contributed by atoms with E-state index in [1.807, 2.05) is 0 Å². The lowest BCUT2D eigenvalue weighted by molar-refractivity contribution is -0.149. The summed E-state index contributed by atoms with van der Waals surface area (Å²) in [5, 5.41) is 0. The fraction of sp³-hybridized carbons (Fsp3) is 0.474. The number of rotatable bonds is 8. The predicted molar refractivity (Wildman–Crippen MR) is 104 cm³/mol. The molecule has 2 rings (SSSR count). The largest absolute Gasteiger partial charge is 0.497 e. The van der Waals surface area contributed by atoms with Crippen molar-refractivity contribution in [3.8, 4) is 11.5 Å². The van der Waals surface area contributed by atoms with E-state index in [1.54, 1.807) is 32.2 Å². The third-order valence-electron chi connectivity index (χ3n) is 4.49. The third-order valence-corrected chi connectivity index (χ3v) is 6.24. The van der Waals surface area contributed by atoms with Gasteiger partial charge in [0.05, 0.1) is 25.7 Å². The molecule has 1 aromatic carbocycles. The molecule has 0 spiro atoms. The maximum absolute atomic E-state index is 12.3. The van der Waals surface area contributed by atoms with Crippen molar-refractivity contribution in [1.82, 2.24) is 4.90 Å². The molecule has 0 aliphatic carbocycles. The van der Waals surface area contributed by atoms with Crippen LogP contribution in [0, 0.1) is 0 Å². The summed E-state index contributed by atoms with van der Waals surface area (Å²) >= 11 is 0. The number of nitrogens with zero attached hydrogens (tertiary/aromatic N) is 1. The van der Waals surface area contributed by atoms with Crippen molar-refractivity contribution in [1.29, 1.82) is 0 Å². The molecule has 1 amide bonds. The predicted octanol–water partition coefficient (Wildman–Crippen LogP) is 1.30. The molecule has 0 saturated carbocycles. The van der Waals surface area contributed by atoms with Gasteiger partial charge < -0.3 is 19.1 Å². The summed E-state index contributed by atoms with van der Waals surface area (Å²) in [5.74, 6) is 0.0928. The first-order valence-corrected chi connectivity index (χ1v) is 10.7. The summed E-state index contributed by atoms with van der Waals surface area (Å²) in [4.78, 5) is 25.7. The van der Waals surface area contributed by atoms with E-state index in [-0.39, 0.29) is 17.5 Å². The normalized spacial score (nSPS) is 18.0. The minimum atomic E-state index is -3.10. The molecule has 1 heterocycles. The maximum Gasteiger partial charge on any atom is 0.331 e. The minimum absolute atomic E-state index is 0.0440. The van der Waals surface area contributed by atoms with Gasteiger partial charge in [-0.05, 0) is 31.6 Å². The molecule has 154 valence electrons. The van der Waals surface area contributed by atoms with Crippen LogP contribution in [0.3, 0.4) is 0 Å². The number of carbonyl (C=O) groups is 2. The summed E-state index contributed by atoms with van der Waals surface area (Å²) in [7, 11) is -0.0534. The van der Waals surface area contributed by atoms with E-state index in [0.717, 1.165) is 0 Å². The van der Waals surface area contributed by atoms with E-state index in [0.29, 0.717) is 30.0 Å². The number of ether oxygens (including phenoxy) is 3. The fourth-order valence-electron chi connectivity index (χ4n) is 3.04. The smallest absolute Gasteiger partial charge is 0.331 e. The zero-order chi connectivity index (χ0) is 20.7. The van der Waals surface area contributed by atoms with Crippen LogP contribution in [0.1, 0.15) is 18.9 Å². The highest BCUT2D eigenvalue weighted by molar-refractivity contribution is 7.91. The van der Waals surface area contributed by atoms with Crippen molar-refractivity contribution in [3.05, 3.63) is 29.8 Å². The van der Waals surface area contributed by atoms with E-state index in [1.165, 1.54) is 24.2 Å². The first-order chi connectivity index (χ1) is 13.3. The molecule has 1 aromatic rings. The van der Waals surface area contributed by atoms with E-state index in [2.05, 4.69) is 0 Å². The van der Waals surface area contributed by atoms with Crippen LogP contribution in [-0.4, -0.2) is 70.1 Å². The van der Waals surface area contributed by atoms with Gasteiger partial charge in [-0.3, -0.25) is 4.79 Å². The Labute approximate surface area is 165 Å². The van der Waals surface area contributed by atoms with Gasteiger partial charge in [0.25, 0.3) is 5.91 Å². The Morgan fingerprint density at radius 3 is 2.57 bits per heavy atom. The van der Waals surface area contributed by atoms with Gasteiger partial charge in [0.1, 0.15) is 11.5 Å². The Kier molecular flexibility index (Phi) is 7.45. The van der Waals surface area contributed by atoms with Gasteiger partial charge in [-0.25, -0.2) is 13.2 Å². The second-order valence-electron chi connectivity index (χ2n) is 6.29. The number of carbonyl (C=O) groups excluding carboxylic acids is 2. The van der Waals surface area contributed by atoms with Crippen LogP contribution in [0.5, 0.6) is 11.5 Å². The van der Waals surface area contributed by atoms with Crippen molar-refractivity contribution in [2.24, 2.45) is 0 Å². The minimum Gasteiger partial charge on any atom is -0.497 e. The number of hydrogen-bond donors (Lipinski definition) is 0. The number of amides is 1. The molecule has 0 bridgehead atoms. The maximum atomic E-state index is 12.3. The molecule has 1 aliphatic heterocycles. The zero-order valence-corrected chi connectivity index (χ0v) is 17.0. The number of likely N-dealkylation sites (N-methyl/N-ethyl adjacent to an activating group) is 1. The van der Waals surface area contributed by atoms with Gasteiger partial charge in [-0.1, -0.05) is 0 Å². The SMILES string of the molecule is CCN(C(=O)COC(=O)C=Cc1ccc(OC)cc1OC)C1CCS(=O)(=O)C1. The fourth-order valence-corrected chi connectivity index (χ4v) is 4.77. The Balaban J connectivity index is 1.92. The lowest BCUT2D eigenvalue weighted by Gasteiger charge is -2.26. The highest BCUT2D eigenvalue weighted by Gasteiger charge is 2.34. The molecule has 0 radical (unpaired) electrons. The van der Waals surface area contributed by atoms with Crippen LogP contribution in [-0.2, 0) is 24.2 Å². The van der Waals surface area contributed by atoms with Gasteiger partial charge >= 0.3 is 5.97 Å². The molecule has 1 fully saturated rings. The van der Waals surface area contributed by atoms with E-state index < -0.39 is 28.3 Å². The molecule has 28 heavy (non-hydrogen) atoms. The molecule has 9 heteroatoms. The van der Waals surface area contributed by atoms with Crippen molar-refractivity contribution < 1.29 is 32.2 Å². The van der Waals surface area contributed by atoms with E-state index in [9.17, 15) is 18.0 Å². The topological polar surface area (TPSA) is 99.2 Å². The second-order valence-corrected chi connectivity index (χ2v) is 8.51. The highest BCUT2D eigenvalue weighted by atomic mass is 32.2. The number of esters is 1. The number of benzene rings is 1. The standard InChI is InChI=1S/C19H25NO7S/c1-4-20(15-9-10-28(23,24)13-15)18(21)12-27-19(22)8-6-14-5-7-16(25-2)11-17(14)26-3/h5-8,11,15H,4,9-10,12-13H2,1-3H3. The first-order valence-electron chi connectivity index (χ1n) is 8.86. The molecular weight excluding hydrogens is 386 g/mol.